The molecule has 2 bridgehead atoms. The summed E-state index contributed by atoms with van der Waals surface area (Å²) >= 11 is 0. The van der Waals surface area contributed by atoms with Crippen molar-refractivity contribution in [2.24, 2.45) is 5.84 Å². The minimum atomic E-state index is 0.502. The van der Waals surface area contributed by atoms with Crippen molar-refractivity contribution in [1.82, 2.24) is 14.9 Å². The molecule has 2 saturated heterocycles. The van der Waals surface area contributed by atoms with Gasteiger partial charge < -0.3 is 15.6 Å². The fourth-order valence-corrected chi connectivity index (χ4v) is 3.92. The molecular formula is C15H26N6. The third-order valence-electron chi connectivity index (χ3n) is 5.12. The van der Waals surface area contributed by atoms with E-state index in [1.54, 1.807) is 6.33 Å². The molecule has 0 aromatic carbocycles. The van der Waals surface area contributed by atoms with Crippen molar-refractivity contribution in [3.05, 3.63) is 11.9 Å². The Morgan fingerprint density at radius 2 is 1.90 bits per heavy atom. The smallest absolute Gasteiger partial charge is 0.148 e. The van der Waals surface area contributed by atoms with Crippen LogP contribution >= 0.6 is 0 Å². The maximum absolute atomic E-state index is 5.55. The van der Waals surface area contributed by atoms with E-state index in [9.17, 15) is 0 Å². The van der Waals surface area contributed by atoms with Crippen LogP contribution in [0.1, 0.15) is 44.6 Å². The molecule has 6 nitrogen and oxygen atoms in total. The van der Waals surface area contributed by atoms with E-state index in [0.29, 0.717) is 18.1 Å². The zero-order chi connectivity index (χ0) is 14.8. The molecule has 2 aliphatic rings. The summed E-state index contributed by atoms with van der Waals surface area (Å²) in [7, 11) is 2.28. The number of hydrogen-bond donors (Lipinski definition) is 3. The molecule has 3 rings (SSSR count). The molecule has 21 heavy (non-hydrogen) atoms. The molecule has 0 saturated carbocycles. The Morgan fingerprint density at radius 1 is 1.24 bits per heavy atom. The molecule has 1 aromatic rings. The molecule has 2 unspecified atom stereocenters. The van der Waals surface area contributed by atoms with Crippen molar-refractivity contribution in [1.29, 1.82) is 0 Å². The maximum Gasteiger partial charge on any atom is 0.148 e. The number of hydrogen-bond acceptors (Lipinski definition) is 6. The van der Waals surface area contributed by atoms with E-state index >= 15 is 0 Å². The second-order valence-corrected chi connectivity index (χ2v) is 6.26. The van der Waals surface area contributed by atoms with Crippen molar-refractivity contribution < 1.29 is 0 Å². The summed E-state index contributed by atoms with van der Waals surface area (Å²) in [4.78, 5) is 11.2. The lowest BCUT2D eigenvalue weighted by Crippen LogP contribution is -2.52. The molecule has 0 radical (unpaired) electrons. The van der Waals surface area contributed by atoms with Crippen LogP contribution in [0.2, 0.25) is 0 Å². The van der Waals surface area contributed by atoms with Crippen molar-refractivity contribution in [2.45, 2.75) is 63.6 Å². The lowest BCUT2D eigenvalue weighted by molar-refractivity contribution is 0.0607. The maximum atomic E-state index is 5.55. The minimum absolute atomic E-state index is 0.502. The number of nitrogens with zero attached hydrogens (tertiary/aromatic N) is 3. The van der Waals surface area contributed by atoms with Gasteiger partial charge in [-0.3, -0.25) is 0 Å². The van der Waals surface area contributed by atoms with Crippen molar-refractivity contribution in [3.63, 3.8) is 0 Å². The minimum Gasteiger partial charge on any atom is -0.367 e. The predicted octanol–water partition coefficient (Wildman–Crippen LogP) is 1.75. The number of aromatic nitrogens is 2. The van der Waals surface area contributed by atoms with Gasteiger partial charge in [0, 0.05) is 23.7 Å². The van der Waals surface area contributed by atoms with Crippen LogP contribution in [0.15, 0.2) is 6.33 Å². The number of piperidine rings is 2. The zero-order valence-corrected chi connectivity index (χ0v) is 13.0. The molecule has 116 valence electrons. The SMILES string of the molecule is CCc1c(NN)ncnc1NC1CC2CCCC(C1)N2C. The van der Waals surface area contributed by atoms with Crippen LogP contribution in [0.4, 0.5) is 11.6 Å². The highest BCUT2D eigenvalue weighted by molar-refractivity contribution is 5.57. The van der Waals surface area contributed by atoms with E-state index in [1.807, 2.05) is 0 Å². The third kappa shape index (κ3) is 2.82. The van der Waals surface area contributed by atoms with Gasteiger partial charge in [-0.15, -0.1) is 0 Å². The average Bonchev–Trinajstić information content (AvgIpc) is 2.48. The van der Waals surface area contributed by atoms with E-state index in [1.165, 1.54) is 32.1 Å². The van der Waals surface area contributed by atoms with Gasteiger partial charge in [0.25, 0.3) is 0 Å². The van der Waals surface area contributed by atoms with E-state index in [2.05, 4.69) is 39.6 Å². The lowest BCUT2D eigenvalue weighted by atomic mass is 9.82. The second kappa shape index (κ2) is 6.15. The molecule has 0 amide bonds. The summed E-state index contributed by atoms with van der Waals surface area (Å²) in [6.45, 7) is 2.11. The van der Waals surface area contributed by atoms with Crippen LogP contribution in [0.3, 0.4) is 0 Å². The van der Waals surface area contributed by atoms with Gasteiger partial charge in [-0.25, -0.2) is 15.8 Å². The number of anilines is 2. The monoisotopic (exact) mass is 290 g/mol. The molecule has 6 heteroatoms. The third-order valence-corrected chi connectivity index (χ3v) is 5.12. The van der Waals surface area contributed by atoms with Crippen molar-refractivity contribution >= 4 is 11.6 Å². The molecule has 0 spiro atoms. The Morgan fingerprint density at radius 3 is 2.52 bits per heavy atom. The highest BCUT2D eigenvalue weighted by atomic mass is 15.3. The Hall–Kier alpha value is -1.40. The van der Waals surface area contributed by atoms with Crippen LogP contribution in [0, 0.1) is 0 Å². The molecule has 4 N–H and O–H groups in total. The molecule has 2 fully saturated rings. The van der Waals surface area contributed by atoms with E-state index < -0.39 is 0 Å². The molecular weight excluding hydrogens is 264 g/mol. The van der Waals surface area contributed by atoms with E-state index in [-0.39, 0.29) is 0 Å². The zero-order valence-electron chi connectivity index (χ0n) is 13.0. The Balaban J connectivity index is 1.75. The molecule has 3 heterocycles. The normalized spacial score (nSPS) is 29.2. The first-order chi connectivity index (χ1) is 10.2. The number of nitrogen functional groups attached to an aromatic ring is 1. The van der Waals surface area contributed by atoms with Gasteiger partial charge in [0.15, 0.2) is 0 Å². The van der Waals surface area contributed by atoms with E-state index in [4.69, 9.17) is 5.84 Å². The summed E-state index contributed by atoms with van der Waals surface area (Å²) in [5, 5.41) is 3.65. The standard InChI is InChI=1S/C15H26N6/c1-3-13-14(17-9-18-15(13)20-16)19-10-7-11-5-4-6-12(8-10)21(11)2/h9-12H,3-8,16H2,1-2H3,(H2,17,18,19,20). The van der Waals surface area contributed by atoms with Crippen LogP contribution < -0.4 is 16.6 Å². The second-order valence-electron chi connectivity index (χ2n) is 6.26. The summed E-state index contributed by atoms with van der Waals surface area (Å²) < 4.78 is 0. The fourth-order valence-electron chi connectivity index (χ4n) is 3.92. The van der Waals surface area contributed by atoms with Gasteiger partial charge in [0.1, 0.15) is 18.0 Å². The first-order valence-corrected chi connectivity index (χ1v) is 8.01. The van der Waals surface area contributed by atoms with Gasteiger partial charge in [0.05, 0.1) is 0 Å². The number of rotatable bonds is 4. The number of nitrogens with one attached hydrogen (secondary N) is 2. The average molecular weight is 290 g/mol. The van der Waals surface area contributed by atoms with Crippen molar-refractivity contribution in [3.8, 4) is 0 Å². The quantitative estimate of drug-likeness (QED) is 0.579. The number of hydrazine groups is 1. The first kappa shape index (κ1) is 14.5. The summed E-state index contributed by atoms with van der Waals surface area (Å²) in [6, 6.07) is 1.94. The van der Waals surface area contributed by atoms with E-state index in [0.717, 1.165) is 23.6 Å². The van der Waals surface area contributed by atoms with Crippen molar-refractivity contribution in [2.75, 3.05) is 17.8 Å². The molecule has 1 aromatic heterocycles. The topological polar surface area (TPSA) is 79.1 Å². The summed E-state index contributed by atoms with van der Waals surface area (Å²) in [5.74, 6) is 7.21. The van der Waals surface area contributed by atoms with Gasteiger partial charge in [-0.05, 0) is 39.2 Å². The van der Waals surface area contributed by atoms with Crippen LogP contribution in [-0.2, 0) is 6.42 Å². The highest BCUT2D eigenvalue weighted by Gasteiger charge is 2.36. The Kier molecular flexibility index (Phi) is 4.26. The number of nitrogens with two attached hydrogens (primary N) is 1. The van der Waals surface area contributed by atoms with Crippen LogP contribution in [0.25, 0.3) is 0 Å². The summed E-state index contributed by atoms with van der Waals surface area (Å²) in [6.07, 6.45) is 8.86. The number of fused-ring (bicyclic) bond motifs is 2. The van der Waals surface area contributed by atoms with Crippen LogP contribution in [-0.4, -0.2) is 40.0 Å². The largest absolute Gasteiger partial charge is 0.367 e. The van der Waals surface area contributed by atoms with Gasteiger partial charge in [-0.2, -0.15) is 0 Å². The van der Waals surface area contributed by atoms with Gasteiger partial charge >= 0.3 is 0 Å². The highest BCUT2D eigenvalue weighted by Crippen LogP contribution is 2.34. The van der Waals surface area contributed by atoms with Gasteiger partial charge in [0.2, 0.25) is 0 Å². The molecule has 0 aliphatic carbocycles. The fraction of sp³-hybridized carbons (Fsp3) is 0.733. The lowest BCUT2D eigenvalue weighted by Gasteiger charge is -2.47. The molecule has 2 atom stereocenters. The predicted molar refractivity (Wildman–Crippen MR) is 85.1 cm³/mol. The van der Waals surface area contributed by atoms with Gasteiger partial charge in [-0.1, -0.05) is 13.3 Å². The summed E-state index contributed by atoms with van der Waals surface area (Å²) in [5.41, 5.74) is 3.74. The first-order valence-electron chi connectivity index (χ1n) is 8.01. The Labute approximate surface area is 126 Å². The van der Waals surface area contributed by atoms with Crippen LogP contribution in [0.5, 0.6) is 0 Å². The Bertz CT molecular complexity index is 477. The molecule has 2 aliphatic heterocycles.